The summed E-state index contributed by atoms with van der Waals surface area (Å²) in [6.45, 7) is 3.81. The first-order valence-corrected chi connectivity index (χ1v) is 6.06. The smallest absolute Gasteiger partial charge is 0.0341 e. The van der Waals surface area contributed by atoms with Crippen molar-refractivity contribution in [2.75, 3.05) is 24.7 Å². The van der Waals surface area contributed by atoms with Gasteiger partial charge in [0.2, 0.25) is 0 Å². The predicted octanol–water partition coefficient (Wildman–Crippen LogP) is 2.42. The Bertz CT molecular complexity index is 258. The summed E-state index contributed by atoms with van der Waals surface area (Å²) in [6, 6.07) is 8.46. The number of hydrogen-bond acceptors (Lipinski definition) is 3. The zero-order chi connectivity index (χ0) is 10.4. The van der Waals surface area contributed by atoms with Crippen molar-refractivity contribution >= 4 is 17.4 Å². The number of hydrogen-bond donors (Lipinski definition) is 2. The summed E-state index contributed by atoms with van der Waals surface area (Å²) in [5.74, 6) is 0.523. The second kappa shape index (κ2) is 5.94. The lowest BCUT2D eigenvalue weighted by atomic mass is 10.2. The first-order valence-electron chi connectivity index (χ1n) is 4.84. The highest BCUT2D eigenvalue weighted by atomic mass is 32.2. The lowest BCUT2D eigenvalue weighted by molar-refractivity contribution is 0.628. The molecule has 0 aliphatic rings. The van der Waals surface area contributed by atoms with E-state index in [1.807, 2.05) is 0 Å². The number of rotatable bonds is 5. The van der Waals surface area contributed by atoms with Crippen LogP contribution in [0.15, 0.2) is 29.2 Å². The molecule has 0 fully saturated rings. The molecule has 1 unspecified atom stereocenters. The number of anilines is 1. The van der Waals surface area contributed by atoms with E-state index >= 15 is 0 Å². The minimum atomic E-state index is 0.523. The van der Waals surface area contributed by atoms with E-state index in [-0.39, 0.29) is 0 Å². The highest BCUT2D eigenvalue weighted by Gasteiger charge is 1.98. The van der Waals surface area contributed by atoms with Crippen molar-refractivity contribution in [1.29, 1.82) is 0 Å². The zero-order valence-corrected chi connectivity index (χ0v) is 9.60. The minimum Gasteiger partial charge on any atom is -0.385 e. The van der Waals surface area contributed by atoms with Crippen molar-refractivity contribution in [2.24, 2.45) is 11.7 Å². The van der Waals surface area contributed by atoms with Crippen molar-refractivity contribution in [3.63, 3.8) is 0 Å². The van der Waals surface area contributed by atoms with Gasteiger partial charge in [-0.1, -0.05) is 6.92 Å². The normalized spacial score (nSPS) is 12.5. The molecular weight excluding hydrogens is 192 g/mol. The Kier molecular flexibility index (Phi) is 4.84. The van der Waals surface area contributed by atoms with Crippen LogP contribution in [0.4, 0.5) is 5.69 Å². The zero-order valence-electron chi connectivity index (χ0n) is 8.79. The quantitative estimate of drug-likeness (QED) is 0.733. The first kappa shape index (κ1) is 11.4. The van der Waals surface area contributed by atoms with Gasteiger partial charge in [-0.3, -0.25) is 0 Å². The van der Waals surface area contributed by atoms with Crippen molar-refractivity contribution < 1.29 is 0 Å². The molecule has 0 aromatic heterocycles. The van der Waals surface area contributed by atoms with Crippen LogP contribution in [0.1, 0.15) is 6.92 Å². The molecule has 0 saturated carbocycles. The lowest BCUT2D eigenvalue weighted by Gasteiger charge is -2.11. The van der Waals surface area contributed by atoms with Crippen LogP contribution < -0.4 is 11.1 Å². The van der Waals surface area contributed by atoms with Gasteiger partial charge in [0.15, 0.2) is 0 Å². The molecule has 78 valence electrons. The molecule has 0 amide bonds. The average Bonchev–Trinajstić information content (AvgIpc) is 2.26. The fourth-order valence-electron chi connectivity index (χ4n) is 1.08. The van der Waals surface area contributed by atoms with Gasteiger partial charge in [0.1, 0.15) is 0 Å². The van der Waals surface area contributed by atoms with E-state index in [4.69, 9.17) is 5.73 Å². The van der Waals surface area contributed by atoms with Gasteiger partial charge in [-0.05, 0) is 43.0 Å². The Morgan fingerprint density at radius 1 is 1.36 bits per heavy atom. The predicted molar refractivity (Wildman–Crippen MR) is 64.9 cm³/mol. The van der Waals surface area contributed by atoms with E-state index in [9.17, 15) is 0 Å². The highest BCUT2D eigenvalue weighted by molar-refractivity contribution is 7.98. The topological polar surface area (TPSA) is 38.0 Å². The molecule has 0 aliphatic heterocycles. The summed E-state index contributed by atoms with van der Waals surface area (Å²) in [6.07, 6.45) is 2.08. The maximum atomic E-state index is 5.54. The molecule has 1 aromatic carbocycles. The van der Waals surface area contributed by atoms with Crippen LogP contribution in [0, 0.1) is 5.92 Å². The Balaban J connectivity index is 2.43. The molecular formula is C11H18N2S. The van der Waals surface area contributed by atoms with Crippen LogP contribution in [0.5, 0.6) is 0 Å². The molecule has 0 bridgehead atoms. The second-order valence-electron chi connectivity index (χ2n) is 3.45. The van der Waals surface area contributed by atoms with E-state index in [2.05, 4.69) is 42.8 Å². The Morgan fingerprint density at radius 2 is 2.00 bits per heavy atom. The molecule has 1 atom stereocenters. The molecule has 0 spiro atoms. The van der Waals surface area contributed by atoms with Gasteiger partial charge in [0.05, 0.1) is 0 Å². The molecule has 3 N–H and O–H groups in total. The summed E-state index contributed by atoms with van der Waals surface area (Å²) in [4.78, 5) is 1.29. The van der Waals surface area contributed by atoms with Crippen molar-refractivity contribution in [1.82, 2.24) is 0 Å². The van der Waals surface area contributed by atoms with Gasteiger partial charge in [-0.15, -0.1) is 11.8 Å². The van der Waals surface area contributed by atoms with E-state index < -0.39 is 0 Å². The fraction of sp³-hybridized carbons (Fsp3) is 0.455. The number of nitrogens with two attached hydrogens (primary N) is 1. The van der Waals surface area contributed by atoms with E-state index in [1.165, 1.54) is 10.6 Å². The van der Waals surface area contributed by atoms with Gasteiger partial charge in [-0.25, -0.2) is 0 Å². The molecule has 14 heavy (non-hydrogen) atoms. The second-order valence-corrected chi connectivity index (χ2v) is 4.33. The van der Waals surface area contributed by atoms with Gasteiger partial charge in [0, 0.05) is 17.1 Å². The fourth-order valence-corrected chi connectivity index (χ4v) is 1.49. The van der Waals surface area contributed by atoms with Crippen molar-refractivity contribution in [2.45, 2.75) is 11.8 Å². The van der Waals surface area contributed by atoms with Crippen molar-refractivity contribution in [3.8, 4) is 0 Å². The van der Waals surface area contributed by atoms with Crippen LogP contribution in [0.3, 0.4) is 0 Å². The van der Waals surface area contributed by atoms with Gasteiger partial charge in [0.25, 0.3) is 0 Å². The summed E-state index contributed by atoms with van der Waals surface area (Å²) in [5.41, 5.74) is 6.71. The Morgan fingerprint density at radius 3 is 2.50 bits per heavy atom. The third-order valence-corrected chi connectivity index (χ3v) is 2.89. The van der Waals surface area contributed by atoms with Crippen LogP contribution in [-0.2, 0) is 0 Å². The van der Waals surface area contributed by atoms with E-state index in [1.54, 1.807) is 11.8 Å². The van der Waals surface area contributed by atoms with Crippen LogP contribution >= 0.6 is 11.8 Å². The number of thioether (sulfide) groups is 1. The molecule has 1 rings (SSSR count). The minimum absolute atomic E-state index is 0.523. The number of benzene rings is 1. The molecule has 0 radical (unpaired) electrons. The standard InChI is InChI=1S/C11H18N2S/c1-9(7-12)8-13-10-3-5-11(14-2)6-4-10/h3-6,9,13H,7-8,12H2,1-2H3. The first-order chi connectivity index (χ1) is 6.76. The lowest BCUT2D eigenvalue weighted by Crippen LogP contribution is -2.19. The summed E-state index contributed by atoms with van der Waals surface area (Å²) >= 11 is 1.76. The van der Waals surface area contributed by atoms with E-state index in [0.29, 0.717) is 5.92 Å². The average molecular weight is 210 g/mol. The SMILES string of the molecule is CSc1ccc(NCC(C)CN)cc1. The third kappa shape index (κ3) is 3.60. The highest BCUT2D eigenvalue weighted by Crippen LogP contribution is 2.17. The molecule has 3 heteroatoms. The van der Waals surface area contributed by atoms with Gasteiger partial charge >= 0.3 is 0 Å². The maximum absolute atomic E-state index is 5.54. The Hall–Kier alpha value is -0.670. The van der Waals surface area contributed by atoms with Gasteiger partial charge < -0.3 is 11.1 Å². The van der Waals surface area contributed by atoms with Crippen LogP contribution in [-0.4, -0.2) is 19.3 Å². The molecule has 0 heterocycles. The van der Waals surface area contributed by atoms with Crippen molar-refractivity contribution in [3.05, 3.63) is 24.3 Å². The van der Waals surface area contributed by atoms with E-state index in [0.717, 1.165) is 13.1 Å². The summed E-state index contributed by atoms with van der Waals surface area (Å²) in [5, 5.41) is 3.36. The summed E-state index contributed by atoms with van der Waals surface area (Å²) in [7, 11) is 0. The molecule has 0 aliphatic carbocycles. The van der Waals surface area contributed by atoms with Crippen LogP contribution in [0.25, 0.3) is 0 Å². The molecule has 2 nitrogen and oxygen atoms in total. The largest absolute Gasteiger partial charge is 0.385 e. The molecule has 1 aromatic rings. The number of nitrogens with one attached hydrogen (secondary N) is 1. The van der Waals surface area contributed by atoms with Gasteiger partial charge in [-0.2, -0.15) is 0 Å². The molecule has 0 saturated heterocycles. The Labute approximate surface area is 90.3 Å². The monoisotopic (exact) mass is 210 g/mol. The summed E-state index contributed by atoms with van der Waals surface area (Å²) < 4.78 is 0. The van der Waals surface area contributed by atoms with Crippen LogP contribution in [0.2, 0.25) is 0 Å². The third-order valence-electron chi connectivity index (χ3n) is 2.15. The maximum Gasteiger partial charge on any atom is 0.0341 e.